The third kappa shape index (κ3) is 2.48. The van der Waals surface area contributed by atoms with Gasteiger partial charge in [-0.1, -0.05) is 29.9 Å². The molecule has 1 heterocycles. The number of carbonyl (C=O) groups excluding carboxylic acids is 1. The van der Waals surface area contributed by atoms with Gasteiger partial charge in [0.05, 0.1) is 6.20 Å². The molecule has 0 spiro atoms. The van der Waals surface area contributed by atoms with Crippen LogP contribution in [0.2, 0.25) is 4.34 Å². The van der Waals surface area contributed by atoms with E-state index in [4.69, 9.17) is 11.6 Å². The summed E-state index contributed by atoms with van der Waals surface area (Å²) in [6.07, 6.45) is 1.97. The molecule has 0 radical (unpaired) electrons. The highest BCUT2D eigenvalue weighted by Gasteiger charge is 2.02. The fraction of sp³-hybridized carbons (Fsp3) is 0.333. The van der Waals surface area contributed by atoms with Crippen molar-refractivity contribution < 1.29 is 4.79 Å². The van der Waals surface area contributed by atoms with E-state index < -0.39 is 0 Å². The Hall–Kier alpha value is -0.610. The van der Waals surface area contributed by atoms with Gasteiger partial charge in [0, 0.05) is 6.42 Å². The van der Waals surface area contributed by atoms with Gasteiger partial charge in [0.1, 0.15) is 4.34 Å². The molecule has 1 aromatic heterocycles. The highest BCUT2D eigenvalue weighted by Crippen LogP contribution is 2.22. The first-order valence-corrected chi connectivity index (χ1v) is 4.33. The average molecular weight is 191 g/mol. The summed E-state index contributed by atoms with van der Waals surface area (Å²) >= 11 is 6.85. The third-order valence-corrected chi connectivity index (χ3v) is 2.08. The molecular weight excluding hydrogens is 184 g/mol. The summed E-state index contributed by atoms with van der Waals surface area (Å²) in [7, 11) is 0. The molecule has 11 heavy (non-hydrogen) atoms. The molecule has 0 aromatic carbocycles. The van der Waals surface area contributed by atoms with E-state index in [1.54, 1.807) is 6.92 Å². The number of amides is 1. The zero-order chi connectivity index (χ0) is 8.27. The van der Waals surface area contributed by atoms with E-state index in [0.29, 0.717) is 15.9 Å². The molecule has 0 atom stereocenters. The first-order valence-electron chi connectivity index (χ1n) is 3.13. The molecule has 0 bridgehead atoms. The van der Waals surface area contributed by atoms with E-state index in [1.807, 2.05) is 0 Å². The second-order valence-electron chi connectivity index (χ2n) is 1.87. The summed E-state index contributed by atoms with van der Waals surface area (Å²) in [5, 5.41) is 3.15. The van der Waals surface area contributed by atoms with Crippen LogP contribution in [-0.4, -0.2) is 10.9 Å². The summed E-state index contributed by atoms with van der Waals surface area (Å²) in [4.78, 5) is 14.7. The number of aromatic nitrogens is 1. The van der Waals surface area contributed by atoms with Crippen molar-refractivity contribution in [3.8, 4) is 0 Å². The third-order valence-electron chi connectivity index (χ3n) is 1.04. The van der Waals surface area contributed by atoms with Gasteiger partial charge in [-0.3, -0.25) is 4.79 Å². The topological polar surface area (TPSA) is 42.0 Å². The molecule has 0 aliphatic rings. The predicted octanol–water partition coefficient (Wildman–Crippen LogP) is 2.15. The van der Waals surface area contributed by atoms with Crippen molar-refractivity contribution in [3.63, 3.8) is 0 Å². The maximum absolute atomic E-state index is 10.8. The van der Waals surface area contributed by atoms with Gasteiger partial charge in [0.15, 0.2) is 5.13 Å². The maximum Gasteiger partial charge on any atom is 0.225 e. The van der Waals surface area contributed by atoms with Crippen molar-refractivity contribution in [3.05, 3.63) is 10.5 Å². The minimum absolute atomic E-state index is 0.0454. The number of nitrogens with one attached hydrogen (secondary N) is 1. The van der Waals surface area contributed by atoms with Crippen LogP contribution in [0.3, 0.4) is 0 Å². The number of hydrogen-bond donors (Lipinski definition) is 1. The van der Waals surface area contributed by atoms with Crippen molar-refractivity contribution >= 4 is 34.0 Å². The lowest BCUT2D eigenvalue weighted by atomic mass is 10.5. The average Bonchev–Trinajstić information content (AvgIpc) is 2.35. The van der Waals surface area contributed by atoms with E-state index in [2.05, 4.69) is 10.3 Å². The monoisotopic (exact) mass is 190 g/mol. The summed E-state index contributed by atoms with van der Waals surface area (Å²) in [5.41, 5.74) is 0. The van der Waals surface area contributed by atoms with Crippen LogP contribution in [0.25, 0.3) is 0 Å². The van der Waals surface area contributed by atoms with Gasteiger partial charge >= 0.3 is 0 Å². The fourth-order valence-corrected chi connectivity index (χ4v) is 1.35. The quantitative estimate of drug-likeness (QED) is 0.777. The lowest BCUT2D eigenvalue weighted by molar-refractivity contribution is -0.115. The summed E-state index contributed by atoms with van der Waals surface area (Å²) < 4.78 is 0.580. The molecule has 0 saturated carbocycles. The van der Waals surface area contributed by atoms with Gasteiger partial charge in [0.2, 0.25) is 5.91 Å². The Labute approximate surface area is 73.4 Å². The molecule has 0 aliphatic heterocycles. The Kier molecular flexibility index (Phi) is 2.84. The molecule has 0 aliphatic carbocycles. The van der Waals surface area contributed by atoms with Gasteiger partial charge in [0.25, 0.3) is 0 Å². The summed E-state index contributed by atoms with van der Waals surface area (Å²) in [5.74, 6) is -0.0454. The smallest absolute Gasteiger partial charge is 0.225 e. The molecule has 1 amide bonds. The second-order valence-corrected chi connectivity index (χ2v) is 3.53. The SMILES string of the molecule is CCC(=O)Nc1ncc(Cl)s1. The molecule has 3 nitrogen and oxygen atoms in total. The summed E-state index contributed by atoms with van der Waals surface area (Å²) in [6, 6.07) is 0. The standard InChI is InChI=1S/C6H7ClN2OS/c1-2-5(10)9-6-8-3-4(7)11-6/h3H,2H2,1H3,(H,8,9,10). The Morgan fingerprint density at radius 3 is 3.09 bits per heavy atom. The van der Waals surface area contributed by atoms with Crippen LogP contribution >= 0.6 is 22.9 Å². The summed E-state index contributed by atoms with van der Waals surface area (Å²) in [6.45, 7) is 1.78. The zero-order valence-electron chi connectivity index (χ0n) is 5.93. The van der Waals surface area contributed by atoms with Gasteiger partial charge in [-0.25, -0.2) is 4.98 Å². The molecular formula is C6H7ClN2OS. The van der Waals surface area contributed by atoms with Gasteiger partial charge in [-0.2, -0.15) is 0 Å². The molecule has 1 N–H and O–H groups in total. The van der Waals surface area contributed by atoms with Crippen molar-refractivity contribution in [2.24, 2.45) is 0 Å². The van der Waals surface area contributed by atoms with Crippen LogP contribution in [0.4, 0.5) is 5.13 Å². The number of anilines is 1. The molecule has 0 fully saturated rings. The maximum atomic E-state index is 10.8. The van der Waals surface area contributed by atoms with E-state index in [1.165, 1.54) is 17.5 Å². The Bertz CT molecular complexity index is 261. The minimum atomic E-state index is -0.0454. The predicted molar refractivity (Wildman–Crippen MR) is 46.0 cm³/mol. The lowest BCUT2D eigenvalue weighted by Gasteiger charge is -1.94. The molecule has 60 valence electrons. The second kappa shape index (κ2) is 3.69. The molecule has 0 unspecified atom stereocenters. The number of thiazole rings is 1. The van der Waals surface area contributed by atoms with Gasteiger partial charge in [-0.05, 0) is 0 Å². The van der Waals surface area contributed by atoms with Crippen LogP contribution in [0.15, 0.2) is 6.20 Å². The van der Waals surface area contributed by atoms with E-state index in [0.717, 1.165) is 0 Å². The number of hydrogen-bond acceptors (Lipinski definition) is 3. The Morgan fingerprint density at radius 1 is 1.91 bits per heavy atom. The number of nitrogens with zero attached hydrogens (tertiary/aromatic N) is 1. The number of carbonyl (C=O) groups is 1. The number of rotatable bonds is 2. The molecule has 5 heteroatoms. The highest BCUT2D eigenvalue weighted by molar-refractivity contribution is 7.19. The molecule has 0 saturated heterocycles. The Morgan fingerprint density at radius 2 is 2.64 bits per heavy atom. The van der Waals surface area contributed by atoms with Crippen molar-refractivity contribution in [2.75, 3.05) is 5.32 Å². The van der Waals surface area contributed by atoms with E-state index in [9.17, 15) is 4.79 Å². The van der Waals surface area contributed by atoms with Crippen molar-refractivity contribution in [2.45, 2.75) is 13.3 Å². The molecule has 1 aromatic rings. The minimum Gasteiger partial charge on any atom is -0.302 e. The van der Waals surface area contributed by atoms with Crippen LogP contribution in [-0.2, 0) is 4.79 Å². The largest absolute Gasteiger partial charge is 0.302 e. The van der Waals surface area contributed by atoms with Crippen LogP contribution in [0, 0.1) is 0 Å². The van der Waals surface area contributed by atoms with Gasteiger partial charge < -0.3 is 5.32 Å². The number of halogens is 1. The molecule has 1 rings (SSSR count). The van der Waals surface area contributed by atoms with Crippen molar-refractivity contribution in [1.82, 2.24) is 4.98 Å². The highest BCUT2D eigenvalue weighted by atomic mass is 35.5. The zero-order valence-corrected chi connectivity index (χ0v) is 7.50. The first kappa shape index (κ1) is 8.49. The Balaban J connectivity index is 2.57. The van der Waals surface area contributed by atoms with E-state index >= 15 is 0 Å². The van der Waals surface area contributed by atoms with Crippen LogP contribution in [0.1, 0.15) is 13.3 Å². The lowest BCUT2D eigenvalue weighted by Crippen LogP contribution is -2.08. The fourth-order valence-electron chi connectivity index (χ4n) is 0.520. The first-order chi connectivity index (χ1) is 5.22. The van der Waals surface area contributed by atoms with E-state index in [-0.39, 0.29) is 5.91 Å². The van der Waals surface area contributed by atoms with Crippen LogP contribution in [0.5, 0.6) is 0 Å². The van der Waals surface area contributed by atoms with Crippen molar-refractivity contribution in [1.29, 1.82) is 0 Å². The normalized spacial score (nSPS) is 9.64. The van der Waals surface area contributed by atoms with Gasteiger partial charge in [-0.15, -0.1) is 0 Å². The van der Waals surface area contributed by atoms with Crippen LogP contribution < -0.4 is 5.32 Å².